The first-order valence-corrected chi connectivity index (χ1v) is 11.0. The van der Waals surface area contributed by atoms with Crippen LogP contribution in [-0.2, 0) is 14.3 Å². The Hall–Kier alpha value is -2.95. The van der Waals surface area contributed by atoms with Crippen molar-refractivity contribution in [3.63, 3.8) is 0 Å². The maximum atomic E-state index is 13.2. The van der Waals surface area contributed by atoms with Crippen molar-refractivity contribution in [2.24, 2.45) is 5.92 Å². The molecule has 10 nitrogen and oxygen atoms in total. The average Bonchev–Trinajstić information content (AvgIpc) is 2.81. The minimum Gasteiger partial charge on any atom is -0.379 e. The second kappa shape index (κ2) is 11.5. The molecule has 2 aliphatic heterocycles. The molecular formula is C21H28F3N7O3. The van der Waals surface area contributed by atoms with Crippen molar-refractivity contribution >= 4 is 17.6 Å². The van der Waals surface area contributed by atoms with Crippen LogP contribution in [0.2, 0.25) is 0 Å². The van der Waals surface area contributed by atoms with Crippen LogP contribution in [0.1, 0.15) is 18.9 Å². The third-order valence-corrected chi connectivity index (χ3v) is 5.73. The van der Waals surface area contributed by atoms with Gasteiger partial charge in [0.05, 0.1) is 25.2 Å². The molecule has 3 atom stereocenters. The number of rotatable bonds is 8. The number of ether oxygens (including phenoxy) is 1. The zero-order valence-corrected chi connectivity index (χ0v) is 18.8. The number of hydrogen-bond donors (Lipinski definition) is 3. The molecule has 2 unspecified atom stereocenters. The number of piperazine rings is 1. The Kier molecular flexibility index (Phi) is 8.65. The summed E-state index contributed by atoms with van der Waals surface area (Å²) in [7, 11) is 0. The Labute approximate surface area is 195 Å². The average molecular weight is 483 g/mol. The lowest BCUT2D eigenvalue weighted by Gasteiger charge is -2.35. The molecule has 1 aromatic heterocycles. The zero-order valence-electron chi connectivity index (χ0n) is 18.8. The van der Waals surface area contributed by atoms with Crippen molar-refractivity contribution in [3.05, 3.63) is 23.9 Å². The van der Waals surface area contributed by atoms with Gasteiger partial charge < -0.3 is 19.9 Å². The molecule has 34 heavy (non-hydrogen) atoms. The summed E-state index contributed by atoms with van der Waals surface area (Å²) in [6.45, 7) is 4.16. The number of hydrogen-bond acceptors (Lipinski definition) is 8. The Morgan fingerprint density at radius 3 is 2.71 bits per heavy atom. The zero-order chi connectivity index (χ0) is 24.7. The number of halogens is 3. The maximum Gasteiger partial charge on any atom is 0.402 e. The molecule has 0 spiro atoms. The van der Waals surface area contributed by atoms with Gasteiger partial charge in [-0.2, -0.15) is 18.4 Å². The molecule has 0 saturated carbocycles. The van der Waals surface area contributed by atoms with Crippen LogP contribution in [-0.4, -0.2) is 85.9 Å². The number of anilines is 1. The molecule has 2 aliphatic rings. The maximum absolute atomic E-state index is 13.2. The van der Waals surface area contributed by atoms with Gasteiger partial charge in [0.1, 0.15) is 11.9 Å². The number of pyridine rings is 1. The molecule has 0 aromatic carbocycles. The van der Waals surface area contributed by atoms with Crippen molar-refractivity contribution in [1.82, 2.24) is 26.1 Å². The van der Waals surface area contributed by atoms with Crippen molar-refractivity contribution in [2.75, 3.05) is 50.8 Å². The molecule has 3 rings (SSSR count). The number of amides is 2. The van der Waals surface area contributed by atoms with Crippen molar-refractivity contribution in [2.45, 2.75) is 31.6 Å². The second-order valence-electron chi connectivity index (χ2n) is 8.27. The first-order chi connectivity index (χ1) is 16.2. The van der Waals surface area contributed by atoms with Crippen molar-refractivity contribution in [1.29, 1.82) is 5.26 Å². The molecule has 186 valence electrons. The first-order valence-electron chi connectivity index (χ1n) is 11.0. The first kappa shape index (κ1) is 25.7. The molecule has 0 aliphatic carbocycles. The fourth-order valence-corrected chi connectivity index (χ4v) is 3.97. The molecular weight excluding hydrogens is 455 g/mol. The summed E-state index contributed by atoms with van der Waals surface area (Å²) in [5.74, 6) is -2.56. The molecule has 2 amide bonds. The van der Waals surface area contributed by atoms with Crippen LogP contribution in [0.15, 0.2) is 18.3 Å². The predicted molar refractivity (Wildman–Crippen MR) is 115 cm³/mol. The fourth-order valence-electron chi connectivity index (χ4n) is 3.97. The van der Waals surface area contributed by atoms with Gasteiger partial charge in [0, 0.05) is 51.0 Å². The van der Waals surface area contributed by atoms with Gasteiger partial charge >= 0.3 is 6.18 Å². The van der Waals surface area contributed by atoms with E-state index in [1.165, 1.54) is 6.20 Å². The summed E-state index contributed by atoms with van der Waals surface area (Å²) in [6, 6.07) is 3.96. The van der Waals surface area contributed by atoms with Crippen molar-refractivity contribution < 1.29 is 27.5 Å². The quantitative estimate of drug-likeness (QED) is 0.448. The van der Waals surface area contributed by atoms with Crippen molar-refractivity contribution in [3.8, 4) is 6.07 Å². The summed E-state index contributed by atoms with van der Waals surface area (Å²) in [6.07, 6.45) is -2.97. The van der Waals surface area contributed by atoms with E-state index in [1.807, 2.05) is 16.4 Å². The molecule has 0 bridgehead atoms. The Balaban J connectivity index is 1.35. The summed E-state index contributed by atoms with van der Waals surface area (Å²) in [4.78, 5) is 32.1. The van der Waals surface area contributed by atoms with E-state index in [9.17, 15) is 22.8 Å². The number of nitriles is 1. The summed E-state index contributed by atoms with van der Waals surface area (Å²) in [5, 5.41) is 11.6. The van der Waals surface area contributed by atoms with E-state index in [0.29, 0.717) is 31.7 Å². The Morgan fingerprint density at radius 2 is 2.09 bits per heavy atom. The van der Waals surface area contributed by atoms with E-state index in [1.54, 1.807) is 24.0 Å². The van der Waals surface area contributed by atoms with Crippen LogP contribution in [0.3, 0.4) is 0 Å². The van der Waals surface area contributed by atoms with Gasteiger partial charge in [-0.25, -0.2) is 10.4 Å². The molecule has 13 heteroatoms. The van der Waals surface area contributed by atoms with Gasteiger partial charge in [-0.3, -0.25) is 15.0 Å². The third kappa shape index (κ3) is 6.78. The summed E-state index contributed by atoms with van der Waals surface area (Å²) >= 11 is 0. The molecule has 1 aromatic rings. The van der Waals surface area contributed by atoms with Crippen LogP contribution >= 0.6 is 0 Å². The van der Waals surface area contributed by atoms with E-state index >= 15 is 0 Å². The van der Waals surface area contributed by atoms with Crippen LogP contribution in [0.5, 0.6) is 0 Å². The Bertz CT molecular complexity index is 883. The highest BCUT2D eigenvalue weighted by Gasteiger charge is 2.51. The lowest BCUT2D eigenvalue weighted by molar-refractivity contribution is -0.193. The lowest BCUT2D eigenvalue weighted by atomic mass is 9.96. The van der Waals surface area contributed by atoms with Gasteiger partial charge in [-0.15, -0.1) is 0 Å². The number of nitrogens with one attached hydrogen (secondary N) is 3. The van der Waals surface area contributed by atoms with E-state index in [-0.39, 0.29) is 32.1 Å². The minimum atomic E-state index is -4.66. The predicted octanol–water partition coefficient (Wildman–Crippen LogP) is 0.168. The second-order valence-corrected chi connectivity index (χ2v) is 8.27. The molecule has 3 heterocycles. The van der Waals surface area contributed by atoms with E-state index in [4.69, 9.17) is 10.00 Å². The van der Waals surface area contributed by atoms with Gasteiger partial charge in [0.15, 0.2) is 5.92 Å². The van der Waals surface area contributed by atoms with E-state index < -0.39 is 30.1 Å². The number of nitrogens with zero attached hydrogens (tertiary/aromatic N) is 4. The number of alkyl halides is 3. The molecule has 0 radical (unpaired) electrons. The number of hydrazine groups is 1. The summed E-state index contributed by atoms with van der Waals surface area (Å²) in [5.41, 5.74) is 4.96. The SMILES string of the molecule is C[C@@H](COCCC(=O)N1CCN(c2ccc(C#N)cn2)CC1)NC1CNNC(=O)C1C(F)(F)F. The monoisotopic (exact) mass is 483 g/mol. The van der Waals surface area contributed by atoms with Crippen LogP contribution in [0.25, 0.3) is 0 Å². The normalized spacial score (nSPS) is 22.1. The van der Waals surface area contributed by atoms with Crippen LogP contribution in [0, 0.1) is 17.2 Å². The third-order valence-electron chi connectivity index (χ3n) is 5.73. The highest BCUT2D eigenvalue weighted by molar-refractivity contribution is 5.80. The van der Waals surface area contributed by atoms with Crippen LogP contribution < -0.4 is 21.1 Å². The summed E-state index contributed by atoms with van der Waals surface area (Å²) < 4.78 is 45.1. The minimum absolute atomic E-state index is 0.0571. The lowest BCUT2D eigenvalue weighted by Crippen LogP contribution is -2.64. The van der Waals surface area contributed by atoms with Gasteiger partial charge in [-0.05, 0) is 19.1 Å². The van der Waals surface area contributed by atoms with Crippen LogP contribution in [0.4, 0.5) is 19.0 Å². The van der Waals surface area contributed by atoms with Gasteiger partial charge in [-0.1, -0.05) is 0 Å². The van der Waals surface area contributed by atoms with E-state index in [0.717, 1.165) is 5.82 Å². The smallest absolute Gasteiger partial charge is 0.379 e. The molecule has 2 fully saturated rings. The number of carbonyl (C=O) groups is 2. The van der Waals surface area contributed by atoms with E-state index in [2.05, 4.69) is 15.7 Å². The Morgan fingerprint density at radius 1 is 1.35 bits per heavy atom. The highest BCUT2D eigenvalue weighted by atomic mass is 19.4. The highest BCUT2D eigenvalue weighted by Crippen LogP contribution is 2.30. The topological polar surface area (TPSA) is 123 Å². The standard InChI is InChI=1S/C21H28F3N7O3/c1-14(28-16-12-27-29-20(33)19(16)21(22,23)24)13-34-9-4-18(32)31-7-5-30(6-8-31)17-3-2-15(10-25)11-26-17/h2-3,11,14,16,19,27-28H,4-9,12-13H2,1H3,(H,29,33)/t14-,16?,19?/m0/s1. The van der Waals surface area contributed by atoms with Gasteiger partial charge in [0.2, 0.25) is 11.8 Å². The molecule has 3 N–H and O–H groups in total. The van der Waals surface area contributed by atoms with Gasteiger partial charge in [0.25, 0.3) is 0 Å². The fraction of sp³-hybridized carbons (Fsp3) is 0.619. The number of aromatic nitrogens is 1. The molecule has 2 saturated heterocycles. The largest absolute Gasteiger partial charge is 0.402 e. The number of carbonyl (C=O) groups excluding carboxylic acids is 2.